The minimum absolute atomic E-state index is 0.261. The van der Waals surface area contributed by atoms with E-state index in [1.54, 1.807) is 42.6 Å². The fraction of sp³-hybridized carbons (Fsp3) is 0.0769. The average molecular weight is 308 g/mol. The molecule has 18 heavy (non-hydrogen) atoms. The molecule has 0 spiro atoms. The second-order valence-electron chi connectivity index (χ2n) is 3.59. The van der Waals surface area contributed by atoms with Gasteiger partial charge in [-0.3, -0.25) is 4.79 Å². The third-order valence-corrected chi connectivity index (χ3v) is 2.79. The lowest BCUT2D eigenvalue weighted by atomic mass is 10.2. The van der Waals surface area contributed by atoms with Gasteiger partial charge < -0.3 is 9.72 Å². The number of hydrogen-bond donors (Lipinski definition) is 1. The molecular weight excluding hydrogens is 298 g/mol. The van der Waals surface area contributed by atoms with Crippen molar-refractivity contribution in [3.05, 3.63) is 58.3 Å². The van der Waals surface area contributed by atoms with Gasteiger partial charge in [-0.15, -0.1) is 0 Å². The first-order chi connectivity index (χ1) is 8.66. The molecule has 0 bridgehead atoms. The number of ether oxygens (including phenoxy) is 1. The molecule has 2 aromatic rings. The Kier molecular flexibility index (Phi) is 3.94. The van der Waals surface area contributed by atoms with E-state index in [-0.39, 0.29) is 12.4 Å². The summed E-state index contributed by atoms with van der Waals surface area (Å²) in [5, 5.41) is 0. The topological polar surface area (TPSA) is 59.2 Å². The summed E-state index contributed by atoms with van der Waals surface area (Å²) in [6, 6.07) is 10.2. The second-order valence-corrected chi connectivity index (χ2v) is 4.51. The number of rotatable bonds is 4. The highest BCUT2D eigenvalue weighted by Crippen LogP contribution is 2.12. The molecule has 0 aliphatic heterocycles. The maximum absolute atomic E-state index is 11.7. The number of aromatic nitrogens is 1. The van der Waals surface area contributed by atoms with Crippen molar-refractivity contribution in [3.8, 4) is 0 Å². The molecule has 0 saturated carbocycles. The fourth-order valence-electron chi connectivity index (χ4n) is 1.41. The van der Waals surface area contributed by atoms with Crippen LogP contribution >= 0.6 is 15.9 Å². The highest BCUT2D eigenvalue weighted by atomic mass is 79.9. The van der Waals surface area contributed by atoms with Crippen LogP contribution in [-0.2, 0) is 4.74 Å². The Bertz CT molecular complexity index is 563. The van der Waals surface area contributed by atoms with Crippen LogP contribution in [0.4, 0.5) is 0 Å². The molecule has 0 unspecified atom stereocenters. The zero-order valence-electron chi connectivity index (χ0n) is 9.35. The lowest BCUT2D eigenvalue weighted by molar-refractivity contribution is 0.0473. The van der Waals surface area contributed by atoms with Crippen molar-refractivity contribution in [1.29, 1.82) is 0 Å². The van der Waals surface area contributed by atoms with E-state index in [1.165, 1.54) is 0 Å². The molecule has 5 heteroatoms. The summed E-state index contributed by atoms with van der Waals surface area (Å²) in [5.74, 6) is -0.778. The molecular formula is C13H10BrNO3. The SMILES string of the molecule is O=C(OCC(=O)c1ccc[nH]1)c1cccc(Br)c1. The van der Waals surface area contributed by atoms with Crippen molar-refractivity contribution in [2.45, 2.75) is 0 Å². The zero-order valence-corrected chi connectivity index (χ0v) is 10.9. The van der Waals surface area contributed by atoms with Crippen LogP contribution < -0.4 is 0 Å². The van der Waals surface area contributed by atoms with Crippen molar-refractivity contribution in [2.24, 2.45) is 0 Å². The van der Waals surface area contributed by atoms with E-state index in [2.05, 4.69) is 20.9 Å². The van der Waals surface area contributed by atoms with Crippen LogP contribution in [0.2, 0.25) is 0 Å². The summed E-state index contributed by atoms with van der Waals surface area (Å²) in [6.45, 7) is -0.272. The number of carbonyl (C=O) groups excluding carboxylic acids is 2. The number of Topliss-reactive ketones (excluding diaryl/α,β-unsaturated/α-hetero) is 1. The third kappa shape index (κ3) is 3.07. The van der Waals surface area contributed by atoms with Gasteiger partial charge in [0.15, 0.2) is 6.61 Å². The smallest absolute Gasteiger partial charge is 0.338 e. The number of esters is 1. The summed E-state index contributed by atoms with van der Waals surface area (Å²) < 4.78 is 5.72. The molecule has 0 atom stereocenters. The van der Waals surface area contributed by atoms with Crippen molar-refractivity contribution < 1.29 is 14.3 Å². The van der Waals surface area contributed by atoms with Gasteiger partial charge in [0, 0.05) is 10.7 Å². The first kappa shape index (κ1) is 12.6. The number of benzene rings is 1. The maximum Gasteiger partial charge on any atom is 0.338 e. The number of ketones is 1. The van der Waals surface area contributed by atoms with E-state index in [0.717, 1.165) is 4.47 Å². The summed E-state index contributed by atoms with van der Waals surface area (Å²) >= 11 is 3.26. The average Bonchev–Trinajstić information content (AvgIpc) is 2.89. The van der Waals surface area contributed by atoms with Crippen molar-refractivity contribution in [3.63, 3.8) is 0 Å². The highest BCUT2D eigenvalue weighted by molar-refractivity contribution is 9.10. The molecule has 0 aliphatic carbocycles. The molecule has 0 fully saturated rings. The van der Waals surface area contributed by atoms with Crippen molar-refractivity contribution in [1.82, 2.24) is 4.98 Å². The molecule has 2 rings (SSSR count). The number of nitrogens with one attached hydrogen (secondary N) is 1. The Hall–Kier alpha value is -1.88. The summed E-state index contributed by atoms with van der Waals surface area (Å²) in [4.78, 5) is 26.0. The minimum atomic E-state index is -0.517. The number of halogens is 1. The van der Waals surface area contributed by atoms with E-state index in [0.29, 0.717) is 11.3 Å². The van der Waals surface area contributed by atoms with E-state index in [4.69, 9.17) is 4.74 Å². The number of H-pyrrole nitrogens is 1. The zero-order chi connectivity index (χ0) is 13.0. The number of carbonyl (C=O) groups is 2. The molecule has 92 valence electrons. The molecule has 1 N–H and O–H groups in total. The van der Waals surface area contributed by atoms with E-state index in [9.17, 15) is 9.59 Å². The van der Waals surface area contributed by atoms with Gasteiger partial charge in [-0.25, -0.2) is 4.79 Å². The Balaban J connectivity index is 1.95. The Morgan fingerprint density at radius 3 is 2.72 bits per heavy atom. The van der Waals surface area contributed by atoms with E-state index in [1.807, 2.05) is 0 Å². The minimum Gasteiger partial charge on any atom is -0.454 e. The van der Waals surface area contributed by atoms with E-state index >= 15 is 0 Å². The van der Waals surface area contributed by atoms with Crippen LogP contribution in [0.25, 0.3) is 0 Å². The van der Waals surface area contributed by atoms with Gasteiger partial charge in [-0.1, -0.05) is 22.0 Å². The Morgan fingerprint density at radius 1 is 1.22 bits per heavy atom. The summed E-state index contributed by atoms with van der Waals surface area (Å²) in [6.07, 6.45) is 1.64. The second kappa shape index (κ2) is 5.64. The molecule has 0 radical (unpaired) electrons. The lowest BCUT2D eigenvalue weighted by Gasteiger charge is -2.03. The van der Waals surface area contributed by atoms with Gasteiger partial charge in [0.2, 0.25) is 5.78 Å². The predicted molar refractivity (Wildman–Crippen MR) is 69.5 cm³/mol. The van der Waals surface area contributed by atoms with Crippen LogP contribution in [0.15, 0.2) is 47.1 Å². The number of hydrogen-bond acceptors (Lipinski definition) is 3. The van der Waals surface area contributed by atoms with Crippen LogP contribution in [0.1, 0.15) is 20.8 Å². The summed E-state index contributed by atoms with van der Waals surface area (Å²) in [5.41, 5.74) is 0.834. The molecule has 1 heterocycles. The van der Waals surface area contributed by atoms with E-state index < -0.39 is 5.97 Å². The number of aromatic amines is 1. The normalized spacial score (nSPS) is 10.1. The standard InChI is InChI=1S/C13H10BrNO3/c14-10-4-1-3-9(7-10)13(17)18-8-12(16)11-5-2-6-15-11/h1-7,15H,8H2. The van der Waals surface area contributed by atoms with Crippen molar-refractivity contribution in [2.75, 3.05) is 6.61 Å². The molecule has 1 aromatic heterocycles. The van der Waals surface area contributed by atoms with Crippen LogP contribution in [0, 0.1) is 0 Å². The van der Waals surface area contributed by atoms with Gasteiger partial charge in [0.1, 0.15) is 0 Å². The third-order valence-electron chi connectivity index (χ3n) is 2.29. The molecule has 4 nitrogen and oxygen atoms in total. The van der Waals surface area contributed by atoms with Gasteiger partial charge in [0.05, 0.1) is 11.3 Å². The Morgan fingerprint density at radius 2 is 2.06 bits per heavy atom. The monoisotopic (exact) mass is 307 g/mol. The quantitative estimate of drug-likeness (QED) is 0.698. The van der Waals surface area contributed by atoms with Gasteiger partial charge >= 0.3 is 5.97 Å². The maximum atomic E-state index is 11.7. The fourth-order valence-corrected chi connectivity index (χ4v) is 1.81. The molecule has 0 saturated heterocycles. The first-order valence-electron chi connectivity index (χ1n) is 5.26. The van der Waals surface area contributed by atoms with Crippen LogP contribution in [0.5, 0.6) is 0 Å². The Labute approximate surface area is 112 Å². The molecule has 0 aliphatic rings. The lowest BCUT2D eigenvalue weighted by Crippen LogP contribution is -2.14. The first-order valence-corrected chi connectivity index (χ1v) is 6.05. The summed E-state index contributed by atoms with van der Waals surface area (Å²) in [7, 11) is 0. The predicted octanol–water partition coefficient (Wildman–Crippen LogP) is 2.82. The van der Waals surface area contributed by atoms with Crippen molar-refractivity contribution >= 4 is 27.7 Å². The van der Waals surface area contributed by atoms with Gasteiger partial charge in [-0.2, -0.15) is 0 Å². The molecule has 0 amide bonds. The van der Waals surface area contributed by atoms with Gasteiger partial charge in [-0.05, 0) is 30.3 Å². The largest absolute Gasteiger partial charge is 0.454 e. The van der Waals surface area contributed by atoms with Crippen LogP contribution in [-0.4, -0.2) is 23.3 Å². The molecule has 1 aromatic carbocycles. The highest BCUT2D eigenvalue weighted by Gasteiger charge is 2.12. The van der Waals surface area contributed by atoms with Gasteiger partial charge in [0.25, 0.3) is 0 Å². The van der Waals surface area contributed by atoms with Crippen LogP contribution in [0.3, 0.4) is 0 Å².